The van der Waals surface area contributed by atoms with E-state index >= 15 is 0 Å². The smallest absolute Gasteiger partial charge is 0.124 e. The van der Waals surface area contributed by atoms with Crippen molar-refractivity contribution < 1.29 is 4.74 Å². The van der Waals surface area contributed by atoms with Gasteiger partial charge in [0.15, 0.2) is 0 Å². The topological polar surface area (TPSA) is 39.1 Å². The minimum Gasteiger partial charge on any atom is -0.488 e. The Bertz CT molecular complexity index is 568. The Hall–Kier alpha value is -1.81. The number of fused-ring (bicyclic) bond motifs is 1. The molecule has 2 aromatic rings. The molecule has 0 fully saturated rings. The number of hydrogen-bond donors (Lipinski definition) is 1. The van der Waals surface area contributed by atoms with E-state index in [0.29, 0.717) is 0 Å². The van der Waals surface area contributed by atoms with Gasteiger partial charge in [0.25, 0.3) is 0 Å². The van der Waals surface area contributed by atoms with Crippen LogP contribution in [-0.4, -0.2) is 22.4 Å². The van der Waals surface area contributed by atoms with Crippen molar-refractivity contribution in [3.05, 3.63) is 47.8 Å². The number of rotatable bonds is 6. The molecule has 0 saturated heterocycles. The molecule has 0 saturated carbocycles. The van der Waals surface area contributed by atoms with Crippen LogP contribution in [0.1, 0.15) is 37.6 Å². The van der Waals surface area contributed by atoms with E-state index in [1.807, 2.05) is 12.3 Å². The van der Waals surface area contributed by atoms with Gasteiger partial charge in [0.05, 0.1) is 11.7 Å². The van der Waals surface area contributed by atoms with E-state index in [0.717, 1.165) is 31.7 Å². The van der Waals surface area contributed by atoms with E-state index in [4.69, 9.17) is 4.74 Å². The van der Waals surface area contributed by atoms with Crippen LogP contribution in [0.25, 0.3) is 0 Å². The summed E-state index contributed by atoms with van der Waals surface area (Å²) in [6.07, 6.45) is 4.05. The molecule has 0 aliphatic carbocycles. The fourth-order valence-electron chi connectivity index (χ4n) is 3.05. The molecule has 0 amide bonds. The second kappa shape index (κ2) is 6.31. The zero-order valence-corrected chi connectivity index (χ0v) is 12.7. The number of hydrogen-bond acceptors (Lipinski definition) is 3. The molecule has 2 unspecified atom stereocenters. The number of ether oxygens (including phenoxy) is 1. The molecule has 1 aromatic carbocycles. The van der Waals surface area contributed by atoms with Crippen LogP contribution in [0.2, 0.25) is 0 Å². The van der Waals surface area contributed by atoms with E-state index in [2.05, 4.69) is 53.2 Å². The predicted octanol–water partition coefficient (Wildman–Crippen LogP) is 2.95. The molecule has 112 valence electrons. The normalized spacial score (nSPS) is 18.3. The highest BCUT2D eigenvalue weighted by molar-refractivity contribution is 5.38. The van der Waals surface area contributed by atoms with Crippen LogP contribution in [-0.2, 0) is 13.0 Å². The second-order valence-electron chi connectivity index (χ2n) is 5.48. The number of likely N-dealkylation sites (N-methyl/N-ethyl adjacent to an activating group) is 1. The molecular formula is C17H23N3O. The molecule has 21 heavy (non-hydrogen) atoms. The minimum atomic E-state index is 0.134. The van der Waals surface area contributed by atoms with Crippen molar-refractivity contribution in [2.75, 3.05) is 6.54 Å². The highest BCUT2D eigenvalue weighted by atomic mass is 16.5. The van der Waals surface area contributed by atoms with E-state index < -0.39 is 0 Å². The summed E-state index contributed by atoms with van der Waals surface area (Å²) in [6, 6.07) is 10.6. The quantitative estimate of drug-likeness (QED) is 0.887. The molecule has 1 aliphatic rings. The largest absolute Gasteiger partial charge is 0.488 e. The molecule has 2 atom stereocenters. The van der Waals surface area contributed by atoms with Gasteiger partial charge in [-0.2, -0.15) is 5.10 Å². The zero-order chi connectivity index (χ0) is 14.7. The summed E-state index contributed by atoms with van der Waals surface area (Å²) in [4.78, 5) is 0. The van der Waals surface area contributed by atoms with Crippen LogP contribution in [0.4, 0.5) is 0 Å². The van der Waals surface area contributed by atoms with Crippen molar-refractivity contribution in [1.82, 2.24) is 15.1 Å². The first-order valence-corrected chi connectivity index (χ1v) is 7.83. The van der Waals surface area contributed by atoms with Gasteiger partial charge in [-0.25, -0.2) is 0 Å². The van der Waals surface area contributed by atoms with Crippen LogP contribution in [0, 0.1) is 0 Å². The predicted molar refractivity (Wildman–Crippen MR) is 83.5 cm³/mol. The Kier molecular flexibility index (Phi) is 4.25. The van der Waals surface area contributed by atoms with Crippen molar-refractivity contribution in [1.29, 1.82) is 0 Å². The van der Waals surface area contributed by atoms with Crippen LogP contribution in [0.5, 0.6) is 5.75 Å². The third-order valence-corrected chi connectivity index (χ3v) is 3.97. The van der Waals surface area contributed by atoms with Gasteiger partial charge < -0.3 is 10.1 Å². The lowest BCUT2D eigenvalue weighted by atomic mass is 10.0. The molecular weight excluding hydrogens is 262 g/mol. The second-order valence-corrected chi connectivity index (χ2v) is 5.48. The van der Waals surface area contributed by atoms with Gasteiger partial charge >= 0.3 is 0 Å². The third kappa shape index (κ3) is 2.81. The summed E-state index contributed by atoms with van der Waals surface area (Å²) in [5.41, 5.74) is 2.52. The Labute approximate surface area is 126 Å². The fourth-order valence-corrected chi connectivity index (χ4v) is 3.05. The molecule has 0 radical (unpaired) electrons. The zero-order valence-electron chi connectivity index (χ0n) is 12.7. The van der Waals surface area contributed by atoms with Crippen LogP contribution in [0.3, 0.4) is 0 Å². The van der Waals surface area contributed by atoms with Gasteiger partial charge in [-0.1, -0.05) is 32.0 Å². The fraction of sp³-hybridized carbons (Fsp3) is 0.471. The number of nitrogens with one attached hydrogen (secondary N) is 1. The molecule has 0 spiro atoms. The molecule has 0 bridgehead atoms. The van der Waals surface area contributed by atoms with E-state index in [9.17, 15) is 0 Å². The van der Waals surface area contributed by atoms with Gasteiger partial charge in [0.2, 0.25) is 0 Å². The summed E-state index contributed by atoms with van der Waals surface area (Å²) in [6.45, 7) is 6.17. The lowest BCUT2D eigenvalue weighted by Gasteiger charge is -2.25. The van der Waals surface area contributed by atoms with Gasteiger partial charge in [0, 0.05) is 19.2 Å². The highest BCUT2D eigenvalue weighted by Gasteiger charge is 2.32. The average Bonchev–Trinajstić information content (AvgIpc) is 3.11. The maximum absolute atomic E-state index is 6.17. The third-order valence-electron chi connectivity index (χ3n) is 3.97. The average molecular weight is 285 g/mol. The Morgan fingerprint density at radius 3 is 2.95 bits per heavy atom. The first-order valence-electron chi connectivity index (χ1n) is 7.83. The summed E-state index contributed by atoms with van der Waals surface area (Å²) in [5.74, 6) is 1.02. The Balaban J connectivity index is 1.84. The van der Waals surface area contributed by atoms with Gasteiger partial charge in [0.1, 0.15) is 11.9 Å². The van der Waals surface area contributed by atoms with Crippen LogP contribution < -0.4 is 10.1 Å². The SMILES string of the molecule is CCCn1nccc1C(NCC)C1Cc2ccccc2O1. The lowest BCUT2D eigenvalue weighted by Crippen LogP contribution is -2.36. The lowest BCUT2D eigenvalue weighted by molar-refractivity contribution is 0.174. The molecule has 4 nitrogen and oxygen atoms in total. The Morgan fingerprint density at radius 1 is 1.33 bits per heavy atom. The summed E-state index contributed by atoms with van der Waals surface area (Å²) in [5, 5.41) is 8.03. The van der Waals surface area contributed by atoms with Gasteiger partial charge in [-0.3, -0.25) is 4.68 Å². The highest BCUT2D eigenvalue weighted by Crippen LogP contribution is 2.34. The number of para-hydroxylation sites is 1. The first kappa shape index (κ1) is 14.1. The standard InChI is InChI=1S/C17H23N3O/c1-3-11-20-14(9-10-19-20)17(18-4-2)16-12-13-7-5-6-8-15(13)21-16/h5-10,16-18H,3-4,11-12H2,1-2H3. The number of aromatic nitrogens is 2. The number of benzene rings is 1. The van der Waals surface area contributed by atoms with Crippen LogP contribution >= 0.6 is 0 Å². The number of aryl methyl sites for hydroxylation is 1. The molecule has 1 N–H and O–H groups in total. The van der Waals surface area contributed by atoms with Crippen molar-refractivity contribution in [2.45, 2.75) is 45.4 Å². The van der Waals surface area contributed by atoms with Gasteiger partial charge in [-0.05, 0) is 30.7 Å². The van der Waals surface area contributed by atoms with E-state index in [1.54, 1.807) is 0 Å². The van der Waals surface area contributed by atoms with Crippen molar-refractivity contribution in [2.24, 2.45) is 0 Å². The maximum Gasteiger partial charge on any atom is 0.124 e. The van der Waals surface area contributed by atoms with Crippen molar-refractivity contribution >= 4 is 0 Å². The van der Waals surface area contributed by atoms with Gasteiger partial charge in [-0.15, -0.1) is 0 Å². The van der Waals surface area contributed by atoms with E-state index in [1.165, 1.54) is 11.3 Å². The van der Waals surface area contributed by atoms with E-state index in [-0.39, 0.29) is 12.1 Å². The molecule has 3 rings (SSSR count). The maximum atomic E-state index is 6.17. The molecule has 4 heteroatoms. The van der Waals surface area contributed by atoms with Crippen molar-refractivity contribution in [3.8, 4) is 5.75 Å². The summed E-state index contributed by atoms with van der Waals surface area (Å²) < 4.78 is 8.27. The number of nitrogens with zero attached hydrogens (tertiary/aromatic N) is 2. The minimum absolute atomic E-state index is 0.134. The molecule has 1 aliphatic heterocycles. The monoisotopic (exact) mass is 285 g/mol. The summed E-state index contributed by atoms with van der Waals surface area (Å²) >= 11 is 0. The first-order chi connectivity index (χ1) is 10.3. The summed E-state index contributed by atoms with van der Waals surface area (Å²) in [7, 11) is 0. The van der Waals surface area contributed by atoms with Crippen LogP contribution in [0.15, 0.2) is 36.5 Å². The Morgan fingerprint density at radius 2 is 2.19 bits per heavy atom. The van der Waals surface area contributed by atoms with Crippen molar-refractivity contribution in [3.63, 3.8) is 0 Å². The molecule has 2 heterocycles. The molecule has 1 aromatic heterocycles.